The average molecular weight is 458 g/mol. The van der Waals surface area contributed by atoms with Crippen molar-refractivity contribution in [3.8, 4) is 11.3 Å². The minimum absolute atomic E-state index is 0.129. The van der Waals surface area contributed by atoms with Crippen molar-refractivity contribution < 1.29 is 9.18 Å². The van der Waals surface area contributed by atoms with Crippen LogP contribution in [0.3, 0.4) is 0 Å². The number of aromatic nitrogens is 3. The van der Waals surface area contributed by atoms with Gasteiger partial charge in [0.1, 0.15) is 5.82 Å². The van der Waals surface area contributed by atoms with E-state index >= 15 is 0 Å². The molecule has 1 aliphatic heterocycles. The summed E-state index contributed by atoms with van der Waals surface area (Å²) in [6.45, 7) is 8.06. The molecule has 33 heavy (non-hydrogen) atoms. The van der Waals surface area contributed by atoms with Crippen molar-refractivity contribution in [2.45, 2.75) is 19.6 Å². The first-order valence-electron chi connectivity index (χ1n) is 10.2. The van der Waals surface area contributed by atoms with Crippen LogP contribution in [0.1, 0.15) is 27.2 Å². The molecule has 0 aliphatic carbocycles. The first-order valence-corrected chi connectivity index (χ1v) is 10.6. The monoisotopic (exact) mass is 457 g/mol. The van der Waals surface area contributed by atoms with Gasteiger partial charge in [0.15, 0.2) is 0 Å². The van der Waals surface area contributed by atoms with Crippen LogP contribution in [0.15, 0.2) is 67.0 Å². The molecule has 0 fully saturated rings. The Bertz CT molecular complexity index is 1420. The van der Waals surface area contributed by atoms with Gasteiger partial charge in [-0.25, -0.2) is 9.24 Å². The Morgan fingerprint density at radius 3 is 2.76 bits per heavy atom. The van der Waals surface area contributed by atoms with Crippen molar-refractivity contribution in [1.82, 2.24) is 19.7 Å². The fourth-order valence-electron chi connectivity index (χ4n) is 3.88. The lowest BCUT2D eigenvalue weighted by atomic mass is 10.1. The Balaban J connectivity index is 1.29. The van der Waals surface area contributed by atoms with Crippen LogP contribution >= 0.6 is 11.6 Å². The van der Waals surface area contributed by atoms with Crippen molar-refractivity contribution in [3.05, 3.63) is 112 Å². The molecule has 2 aromatic heterocycles. The zero-order valence-electron chi connectivity index (χ0n) is 17.4. The molecule has 0 unspecified atom stereocenters. The molecule has 4 aromatic rings. The topological polar surface area (TPSA) is 55.4 Å². The van der Waals surface area contributed by atoms with Crippen LogP contribution in [0, 0.1) is 12.4 Å². The molecule has 5 rings (SSSR count). The molecule has 0 bridgehead atoms. The Morgan fingerprint density at radius 1 is 1.12 bits per heavy atom. The number of hydrogen-bond acceptors (Lipinski definition) is 3. The number of halogens is 2. The smallest absolute Gasteiger partial charge is 0.256 e. The highest BCUT2D eigenvalue weighted by Crippen LogP contribution is 2.30. The van der Waals surface area contributed by atoms with E-state index in [4.69, 9.17) is 18.2 Å². The second kappa shape index (κ2) is 8.49. The molecule has 1 aliphatic rings. The van der Waals surface area contributed by atoms with Crippen LogP contribution in [-0.2, 0) is 19.6 Å². The van der Waals surface area contributed by atoms with Crippen LogP contribution in [0.5, 0.6) is 0 Å². The van der Waals surface area contributed by atoms with Gasteiger partial charge >= 0.3 is 0 Å². The second-order valence-corrected chi connectivity index (χ2v) is 8.17. The fourth-order valence-corrected chi connectivity index (χ4v) is 4.10. The van der Waals surface area contributed by atoms with E-state index in [-0.39, 0.29) is 18.3 Å². The first kappa shape index (κ1) is 20.9. The summed E-state index contributed by atoms with van der Waals surface area (Å²) in [7, 11) is 0. The summed E-state index contributed by atoms with van der Waals surface area (Å²) in [5.41, 5.74) is 4.42. The minimum Gasteiger partial charge on any atom is -0.328 e. The number of nitrogens with zero attached hydrogens (tertiary/aromatic N) is 5. The second-order valence-electron chi connectivity index (χ2n) is 7.76. The maximum absolute atomic E-state index is 14.8. The molecular formula is C25H17ClFN5O. The van der Waals surface area contributed by atoms with Crippen molar-refractivity contribution in [3.63, 3.8) is 0 Å². The fraction of sp³-hybridized carbons (Fsp3) is 0.120. The zero-order chi connectivity index (χ0) is 22.9. The predicted molar refractivity (Wildman–Crippen MR) is 122 cm³/mol. The minimum atomic E-state index is -0.363. The summed E-state index contributed by atoms with van der Waals surface area (Å²) in [4.78, 5) is 21.7. The number of hydrogen-bond donors (Lipinski definition) is 0. The summed E-state index contributed by atoms with van der Waals surface area (Å²) < 4.78 is 16.5. The van der Waals surface area contributed by atoms with Crippen LogP contribution in [0.2, 0.25) is 5.02 Å². The SMILES string of the molecule is [C-]#[N+]c1ccc(-c2ccn(Cc3ccc(CN4Cc5ncccc5C4=O)c(F)c3)n2)cc1Cl. The third kappa shape index (κ3) is 4.09. The van der Waals surface area contributed by atoms with E-state index in [2.05, 4.69) is 14.9 Å². The number of rotatable bonds is 5. The number of benzene rings is 2. The van der Waals surface area contributed by atoms with Crippen LogP contribution < -0.4 is 0 Å². The normalized spacial score (nSPS) is 12.6. The van der Waals surface area contributed by atoms with Crippen LogP contribution in [0.4, 0.5) is 10.1 Å². The van der Waals surface area contributed by atoms with Gasteiger partial charge in [0, 0.05) is 35.1 Å². The lowest BCUT2D eigenvalue weighted by Crippen LogP contribution is -2.23. The van der Waals surface area contributed by atoms with E-state index in [0.29, 0.717) is 40.6 Å². The summed E-state index contributed by atoms with van der Waals surface area (Å²) in [5.74, 6) is -0.492. The van der Waals surface area contributed by atoms with Crippen molar-refractivity contribution in [2.24, 2.45) is 0 Å². The molecule has 6 nitrogen and oxygen atoms in total. The van der Waals surface area contributed by atoms with Gasteiger partial charge in [-0.15, -0.1) is 0 Å². The van der Waals surface area contributed by atoms with Crippen LogP contribution in [0.25, 0.3) is 16.1 Å². The lowest BCUT2D eigenvalue weighted by Gasteiger charge is -2.16. The molecule has 1 amide bonds. The summed E-state index contributed by atoms with van der Waals surface area (Å²) in [6, 6.07) is 15.5. The summed E-state index contributed by atoms with van der Waals surface area (Å²) >= 11 is 6.13. The van der Waals surface area contributed by atoms with E-state index < -0.39 is 0 Å². The molecular weight excluding hydrogens is 441 g/mol. The van der Waals surface area contributed by atoms with Gasteiger partial charge < -0.3 is 4.90 Å². The molecule has 0 saturated carbocycles. The standard InChI is InChI=1S/C25H17ClFN5O/c1-28-23-7-6-17(12-20(23)26)22-8-10-32(30-22)13-16-4-5-18(21(27)11-16)14-31-15-24-19(25(31)33)3-2-9-29-24/h2-12H,13-15H2. The maximum atomic E-state index is 14.8. The Morgan fingerprint density at radius 2 is 2.00 bits per heavy atom. The summed E-state index contributed by atoms with van der Waals surface area (Å²) in [5, 5.41) is 4.92. The van der Waals surface area contributed by atoms with E-state index in [1.54, 1.807) is 52.2 Å². The van der Waals surface area contributed by atoms with E-state index in [1.165, 1.54) is 6.07 Å². The van der Waals surface area contributed by atoms with Crippen LogP contribution in [-0.4, -0.2) is 25.6 Å². The molecule has 0 radical (unpaired) electrons. The molecule has 3 heterocycles. The van der Waals surface area contributed by atoms with Crippen molar-refractivity contribution in [2.75, 3.05) is 0 Å². The third-order valence-electron chi connectivity index (χ3n) is 5.58. The van der Waals surface area contributed by atoms with Crippen molar-refractivity contribution >= 4 is 23.2 Å². The first-order chi connectivity index (χ1) is 16.0. The lowest BCUT2D eigenvalue weighted by molar-refractivity contribution is 0.0765. The molecule has 0 spiro atoms. The van der Waals surface area contributed by atoms with E-state index in [1.807, 2.05) is 18.3 Å². The molecule has 0 atom stereocenters. The van der Waals surface area contributed by atoms with Crippen molar-refractivity contribution in [1.29, 1.82) is 0 Å². The molecule has 2 aromatic carbocycles. The number of amides is 1. The van der Waals surface area contributed by atoms with E-state index in [9.17, 15) is 9.18 Å². The van der Waals surface area contributed by atoms with Gasteiger partial charge in [-0.3, -0.25) is 14.5 Å². The van der Waals surface area contributed by atoms with Gasteiger partial charge in [-0.05, 0) is 35.9 Å². The molecule has 8 heteroatoms. The Labute approximate surface area is 194 Å². The predicted octanol–water partition coefficient (Wildman–Crippen LogP) is 5.49. The van der Waals surface area contributed by atoms with Gasteiger partial charge in [0.2, 0.25) is 5.69 Å². The maximum Gasteiger partial charge on any atom is 0.256 e. The van der Waals surface area contributed by atoms with Gasteiger partial charge in [0.25, 0.3) is 5.91 Å². The van der Waals surface area contributed by atoms with E-state index in [0.717, 1.165) is 16.8 Å². The third-order valence-corrected chi connectivity index (χ3v) is 5.88. The molecule has 0 saturated heterocycles. The molecule has 162 valence electrons. The number of pyridine rings is 1. The number of carbonyl (C=O) groups excluding carboxylic acids is 1. The quantitative estimate of drug-likeness (QED) is 0.372. The number of carbonyl (C=O) groups is 1. The Hall–Kier alpha value is -4.02. The largest absolute Gasteiger partial charge is 0.328 e. The highest BCUT2D eigenvalue weighted by Gasteiger charge is 2.28. The Kier molecular flexibility index (Phi) is 5.37. The number of fused-ring (bicyclic) bond motifs is 1. The van der Waals surface area contributed by atoms with Gasteiger partial charge in [-0.2, -0.15) is 5.10 Å². The van der Waals surface area contributed by atoms with Gasteiger partial charge in [-0.1, -0.05) is 35.9 Å². The molecule has 0 N–H and O–H groups in total. The average Bonchev–Trinajstić information content (AvgIpc) is 3.40. The highest BCUT2D eigenvalue weighted by molar-refractivity contribution is 6.33. The zero-order valence-corrected chi connectivity index (χ0v) is 18.1. The summed E-state index contributed by atoms with van der Waals surface area (Å²) in [6.07, 6.45) is 3.47. The highest BCUT2D eigenvalue weighted by atomic mass is 35.5. The van der Waals surface area contributed by atoms with Gasteiger partial charge in [0.05, 0.1) is 36.6 Å².